The molecule has 11 aromatic carbocycles. The van der Waals surface area contributed by atoms with Gasteiger partial charge in [-0.2, -0.15) is 0 Å². The van der Waals surface area contributed by atoms with Crippen LogP contribution >= 0.6 is 0 Å². The molecule has 0 fully saturated rings. The molecular formula is C61H39N. The maximum absolute atomic E-state index is 2.59. The van der Waals surface area contributed by atoms with Crippen molar-refractivity contribution in [2.24, 2.45) is 0 Å². The zero-order valence-corrected chi connectivity index (χ0v) is 34.0. The van der Waals surface area contributed by atoms with Crippen LogP contribution in [0.5, 0.6) is 0 Å². The van der Waals surface area contributed by atoms with Gasteiger partial charge in [0.2, 0.25) is 0 Å². The smallest absolute Gasteiger partial charge is 0.0726 e. The lowest BCUT2D eigenvalue weighted by Crippen LogP contribution is -2.26. The van der Waals surface area contributed by atoms with Gasteiger partial charge in [0.05, 0.1) is 16.8 Å². The van der Waals surface area contributed by atoms with E-state index < -0.39 is 5.41 Å². The molecule has 0 radical (unpaired) electrons. The van der Waals surface area contributed by atoms with Gasteiger partial charge in [-0.15, -0.1) is 0 Å². The van der Waals surface area contributed by atoms with Crippen LogP contribution in [0.4, 0.5) is 17.1 Å². The number of hydrogen-bond acceptors (Lipinski definition) is 1. The van der Waals surface area contributed by atoms with Gasteiger partial charge in [-0.05, 0) is 107 Å². The lowest BCUT2D eigenvalue weighted by molar-refractivity contribution is 0.793. The van der Waals surface area contributed by atoms with Gasteiger partial charge in [-0.3, -0.25) is 0 Å². The molecule has 0 saturated carbocycles. The molecule has 2 aliphatic carbocycles. The molecule has 11 aromatic rings. The average Bonchev–Trinajstić information content (AvgIpc) is 3.81. The minimum atomic E-state index is -0.480. The minimum absolute atomic E-state index is 0.480. The molecule has 288 valence electrons. The highest BCUT2D eigenvalue weighted by Gasteiger charge is 2.51. The van der Waals surface area contributed by atoms with Crippen LogP contribution in [0, 0.1) is 0 Å². The first-order chi connectivity index (χ1) is 30.8. The monoisotopic (exact) mass is 785 g/mol. The summed E-state index contributed by atoms with van der Waals surface area (Å²) >= 11 is 0. The summed E-state index contributed by atoms with van der Waals surface area (Å²) in [6, 6.07) is 88.1. The number of para-hydroxylation sites is 1. The Morgan fingerprint density at radius 2 is 0.790 bits per heavy atom. The van der Waals surface area contributed by atoms with Gasteiger partial charge in [-0.1, -0.05) is 212 Å². The molecule has 0 saturated heterocycles. The molecule has 0 unspecified atom stereocenters. The molecule has 0 heterocycles. The Balaban J connectivity index is 1.19. The fourth-order valence-corrected chi connectivity index (χ4v) is 11.1. The molecule has 0 atom stereocenters. The predicted octanol–water partition coefficient (Wildman–Crippen LogP) is 16.3. The highest BCUT2D eigenvalue weighted by molar-refractivity contribution is 6.23. The van der Waals surface area contributed by atoms with Gasteiger partial charge >= 0.3 is 0 Å². The number of anilines is 3. The summed E-state index contributed by atoms with van der Waals surface area (Å²) < 4.78 is 0. The Labute approximate surface area is 361 Å². The van der Waals surface area contributed by atoms with Gasteiger partial charge in [0.15, 0.2) is 0 Å². The molecule has 2 aliphatic rings. The molecular weight excluding hydrogens is 747 g/mol. The first-order valence-electron chi connectivity index (χ1n) is 21.6. The number of rotatable bonds is 5. The van der Waals surface area contributed by atoms with Crippen LogP contribution < -0.4 is 4.90 Å². The molecule has 0 aliphatic heterocycles. The first-order valence-corrected chi connectivity index (χ1v) is 21.6. The largest absolute Gasteiger partial charge is 0.309 e. The van der Waals surface area contributed by atoms with Gasteiger partial charge in [0, 0.05) is 22.2 Å². The summed E-state index contributed by atoms with van der Waals surface area (Å²) in [5.74, 6) is 0. The third kappa shape index (κ3) is 4.85. The van der Waals surface area contributed by atoms with Crippen molar-refractivity contribution in [3.8, 4) is 44.5 Å². The number of hydrogen-bond donors (Lipinski definition) is 0. The van der Waals surface area contributed by atoms with E-state index in [1.165, 1.54) is 99.1 Å². The zero-order valence-electron chi connectivity index (χ0n) is 34.0. The summed E-state index contributed by atoms with van der Waals surface area (Å²) in [6.07, 6.45) is 0. The van der Waals surface area contributed by atoms with Crippen molar-refractivity contribution in [2.75, 3.05) is 4.90 Å². The van der Waals surface area contributed by atoms with Crippen LogP contribution in [-0.4, -0.2) is 0 Å². The van der Waals surface area contributed by atoms with Crippen molar-refractivity contribution in [2.45, 2.75) is 5.41 Å². The predicted molar refractivity (Wildman–Crippen MR) is 261 cm³/mol. The third-order valence-electron chi connectivity index (χ3n) is 13.6. The maximum atomic E-state index is 2.59. The van der Waals surface area contributed by atoms with Crippen molar-refractivity contribution in [3.63, 3.8) is 0 Å². The lowest BCUT2D eigenvalue weighted by atomic mass is 9.70. The van der Waals surface area contributed by atoms with Crippen LogP contribution in [0.15, 0.2) is 237 Å². The van der Waals surface area contributed by atoms with E-state index in [0.29, 0.717) is 0 Å². The van der Waals surface area contributed by atoms with E-state index in [1.807, 2.05) is 0 Å². The molecule has 1 spiro atoms. The van der Waals surface area contributed by atoms with Crippen molar-refractivity contribution < 1.29 is 0 Å². The molecule has 1 heteroatoms. The van der Waals surface area contributed by atoms with Crippen molar-refractivity contribution in [3.05, 3.63) is 259 Å². The fraction of sp³-hybridized carbons (Fsp3) is 0.0164. The number of benzene rings is 11. The summed E-state index contributed by atoms with van der Waals surface area (Å²) in [4.78, 5) is 2.59. The SMILES string of the molecule is c1ccc(-c2ccccc2N(c2ccc3c(c2)C2(c4ccccc4-c4ccccc42)c2ccccc2-3)c2c(-c3ccc4ccccc4c3)c3ccccc3c3ccccc23)cc1. The van der Waals surface area contributed by atoms with Crippen molar-refractivity contribution >= 4 is 49.4 Å². The normalized spacial score (nSPS) is 13.0. The van der Waals surface area contributed by atoms with Crippen LogP contribution in [0.2, 0.25) is 0 Å². The summed E-state index contributed by atoms with van der Waals surface area (Å²) in [5.41, 5.74) is 18.2. The summed E-state index contributed by atoms with van der Waals surface area (Å²) in [6.45, 7) is 0. The Morgan fingerprint density at radius 3 is 1.47 bits per heavy atom. The van der Waals surface area contributed by atoms with Crippen LogP contribution in [-0.2, 0) is 5.41 Å². The van der Waals surface area contributed by atoms with Crippen molar-refractivity contribution in [1.29, 1.82) is 0 Å². The van der Waals surface area contributed by atoms with E-state index in [-0.39, 0.29) is 0 Å². The number of fused-ring (bicyclic) bond motifs is 14. The van der Waals surface area contributed by atoms with E-state index in [9.17, 15) is 0 Å². The fourth-order valence-electron chi connectivity index (χ4n) is 11.1. The number of nitrogens with zero attached hydrogens (tertiary/aromatic N) is 1. The lowest BCUT2D eigenvalue weighted by Gasteiger charge is -2.34. The second-order valence-corrected chi connectivity index (χ2v) is 16.7. The van der Waals surface area contributed by atoms with E-state index >= 15 is 0 Å². The highest BCUT2D eigenvalue weighted by Crippen LogP contribution is 2.64. The Hall–Kier alpha value is -8.00. The van der Waals surface area contributed by atoms with Gasteiger partial charge in [0.1, 0.15) is 0 Å². The molecule has 0 aromatic heterocycles. The van der Waals surface area contributed by atoms with Crippen LogP contribution in [0.1, 0.15) is 22.3 Å². The Bertz CT molecular complexity index is 3530. The zero-order chi connectivity index (χ0) is 40.8. The third-order valence-corrected chi connectivity index (χ3v) is 13.6. The van der Waals surface area contributed by atoms with Gasteiger partial charge in [0.25, 0.3) is 0 Å². The standard InChI is InChI=1S/C61H39N/c1-2-19-41(20-3-1)45-22-13-17-33-58(45)62(60-53-29-9-7-24-47(53)46-23-6-8-28-52(46)59(60)43-35-34-40-18-4-5-21-42(40)38-43)44-36-37-51-50-27-12-16-32-56(50)61(57(51)39-44)54-30-14-10-25-48(54)49-26-11-15-31-55(49)61/h1-39H. The maximum Gasteiger partial charge on any atom is 0.0726 e. The Kier molecular flexibility index (Phi) is 7.59. The van der Waals surface area contributed by atoms with E-state index in [1.54, 1.807) is 0 Å². The average molecular weight is 786 g/mol. The van der Waals surface area contributed by atoms with Crippen LogP contribution in [0.3, 0.4) is 0 Å². The van der Waals surface area contributed by atoms with Crippen LogP contribution in [0.25, 0.3) is 76.8 Å². The second kappa shape index (κ2) is 13.5. The molecule has 0 N–H and O–H groups in total. The molecule has 13 rings (SSSR count). The molecule has 1 nitrogen and oxygen atoms in total. The van der Waals surface area contributed by atoms with E-state index in [0.717, 1.165) is 17.1 Å². The Morgan fingerprint density at radius 1 is 0.290 bits per heavy atom. The summed E-state index contributed by atoms with van der Waals surface area (Å²) in [7, 11) is 0. The van der Waals surface area contributed by atoms with E-state index in [4.69, 9.17) is 0 Å². The quantitative estimate of drug-likeness (QED) is 0.157. The first kappa shape index (κ1) is 34.8. The van der Waals surface area contributed by atoms with Gasteiger partial charge in [-0.25, -0.2) is 0 Å². The van der Waals surface area contributed by atoms with Crippen molar-refractivity contribution in [1.82, 2.24) is 0 Å². The topological polar surface area (TPSA) is 3.24 Å². The summed E-state index contributed by atoms with van der Waals surface area (Å²) in [5, 5.41) is 7.35. The minimum Gasteiger partial charge on any atom is -0.309 e. The highest BCUT2D eigenvalue weighted by atomic mass is 15.1. The van der Waals surface area contributed by atoms with Gasteiger partial charge < -0.3 is 4.90 Å². The van der Waals surface area contributed by atoms with E-state index in [2.05, 4.69) is 241 Å². The second-order valence-electron chi connectivity index (χ2n) is 16.7. The molecule has 0 bridgehead atoms. The molecule has 0 amide bonds. The molecule has 62 heavy (non-hydrogen) atoms.